The first kappa shape index (κ1) is 18.6. The van der Waals surface area contributed by atoms with Crippen LogP contribution >= 0.6 is 23.2 Å². The van der Waals surface area contributed by atoms with E-state index in [4.69, 9.17) is 23.2 Å². The Balaban J connectivity index is 1.78. The number of H-pyrrole nitrogens is 2. The molecule has 0 amide bonds. The van der Waals surface area contributed by atoms with Crippen LogP contribution in [0.15, 0.2) is 36.9 Å². The van der Waals surface area contributed by atoms with Crippen molar-refractivity contribution in [1.29, 1.82) is 0 Å². The summed E-state index contributed by atoms with van der Waals surface area (Å²) in [5.41, 5.74) is 2.25. The van der Waals surface area contributed by atoms with Crippen LogP contribution in [-0.4, -0.2) is 47.7 Å². The third-order valence-electron chi connectivity index (χ3n) is 4.97. The zero-order valence-electron chi connectivity index (χ0n) is 14.5. The molecule has 0 aromatic carbocycles. The highest BCUT2D eigenvalue weighted by Gasteiger charge is 2.32. The van der Waals surface area contributed by atoms with Crippen molar-refractivity contribution in [1.82, 2.24) is 19.9 Å². The van der Waals surface area contributed by atoms with E-state index >= 15 is 0 Å². The summed E-state index contributed by atoms with van der Waals surface area (Å²) in [4.78, 5) is 27.0. The first-order chi connectivity index (χ1) is 13.6. The van der Waals surface area contributed by atoms with Crippen molar-refractivity contribution in [2.24, 2.45) is 0 Å². The quantitative estimate of drug-likeness (QED) is 0.355. The average molecular weight is 419 g/mol. The number of carbonyl (C=O) groups is 1. The molecule has 28 heavy (non-hydrogen) atoms. The van der Waals surface area contributed by atoms with Gasteiger partial charge in [-0.15, -0.1) is 23.2 Å². The lowest BCUT2D eigenvalue weighted by Crippen LogP contribution is -2.23. The Bertz CT molecular complexity index is 1080. The van der Waals surface area contributed by atoms with Gasteiger partial charge < -0.3 is 20.2 Å². The SMILES string of the molecule is O=C(C(CCl)c1c[nH]c2c(O)nccc12)C(CCl)c1c[nH]c2c(O)nccc12. The van der Waals surface area contributed by atoms with Crippen molar-refractivity contribution in [2.45, 2.75) is 11.8 Å². The molecule has 4 aromatic heterocycles. The molecule has 2 atom stereocenters. The van der Waals surface area contributed by atoms with E-state index in [0.717, 1.165) is 0 Å². The maximum atomic E-state index is 13.4. The Labute approximate surface area is 169 Å². The van der Waals surface area contributed by atoms with E-state index in [1.807, 2.05) is 0 Å². The summed E-state index contributed by atoms with van der Waals surface area (Å²) in [7, 11) is 0. The number of hydrogen-bond acceptors (Lipinski definition) is 5. The van der Waals surface area contributed by atoms with Crippen LogP contribution in [0.2, 0.25) is 0 Å². The van der Waals surface area contributed by atoms with Crippen LogP contribution < -0.4 is 0 Å². The minimum atomic E-state index is -0.638. The molecule has 144 valence electrons. The molecule has 4 heterocycles. The summed E-state index contributed by atoms with van der Waals surface area (Å²) in [6, 6.07) is 3.44. The summed E-state index contributed by atoms with van der Waals surface area (Å²) in [6.45, 7) is 0. The molecule has 2 unspecified atom stereocenters. The molecule has 9 heteroatoms. The maximum Gasteiger partial charge on any atom is 0.235 e. The Kier molecular flexibility index (Phi) is 4.87. The van der Waals surface area contributed by atoms with Gasteiger partial charge in [0.15, 0.2) is 0 Å². The van der Waals surface area contributed by atoms with Crippen LogP contribution in [0.25, 0.3) is 21.8 Å². The molecule has 7 nitrogen and oxygen atoms in total. The molecule has 4 aromatic rings. The second-order valence-electron chi connectivity index (χ2n) is 6.42. The lowest BCUT2D eigenvalue weighted by Gasteiger charge is -2.19. The number of carbonyl (C=O) groups excluding carboxylic acids is 1. The number of aromatic nitrogens is 4. The first-order valence-electron chi connectivity index (χ1n) is 8.52. The van der Waals surface area contributed by atoms with Gasteiger partial charge in [0.05, 0.1) is 11.8 Å². The molecule has 4 N–H and O–H groups in total. The number of nitrogens with one attached hydrogen (secondary N) is 2. The number of aromatic hydroxyl groups is 2. The number of Topliss-reactive ketones (excluding diaryl/α,β-unsaturated/α-hetero) is 1. The van der Waals surface area contributed by atoms with Gasteiger partial charge in [-0.3, -0.25) is 4.79 Å². The predicted octanol–water partition coefficient (Wildman–Crippen LogP) is 3.76. The van der Waals surface area contributed by atoms with Crippen molar-refractivity contribution in [2.75, 3.05) is 11.8 Å². The van der Waals surface area contributed by atoms with Gasteiger partial charge in [-0.25, -0.2) is 9.97 Å². The van der Waals surface area contributed by atoms with Crippen LogP contribution in [0.5, 0.6) is 11.8 Å². The van der Waals surface area contributed by atoms with E-state index in [9.17, 15) is 15.0 Å². The van der Waals surface area contributed by atoms with E-state index in [-0.39, 0.29) is 29.3 Å². The number of pyridine rings is 2. The van der Waals surface area contributed by atoms with Crippen molar-refractivity contribution in [3.63, 3.8) is 0 Å². The van der Waals surface area contributed by atoms with Gasteiger partial charge in [-0.1, -0.05) is 0 Å². The fourth-order valence-electron chi connectivity index (χ4n) is 3.57. The van der Waals surface area contributed by atoms with Crippen LogP contribution in [0, 0.1) is 0 Å². The van der Waals surface area contributed by atoms with Gasteiger partial charge in [-0.2, -0.15) is 0 Å². The van der Waals surface area contributed by atoms with Crippen LogP contribution in [0.4, 0.5) is 0 Å². The summed E-state index contributed by atoms with van der Waals surface area (Å²) in [5, 5.41) is 21.2. The lowest BCUT2D eigenvalue weighted by atomic mass is 9.85. The van der Waals surface area contributed by atoms with E-state index in [0.29, 0.717) is 32.9 Å². The van der Waals surface area contributed by atoms with Crippen molar-refractivity contribution in [3.05, 3.63) is 48.0 Å². The highest BCUT2D eigenvalue weighted by molar-refractivity contribution is 6.23. The number of alkyl halides is 2. The normalized spacial score (nSPS) is 13.8. The fourth-order valence-corrected chi connectivity index (χ4v) is 4.20. The molecule has 0 fully saturated rings. The largest absolute Gasteiger partial charge is 0.492 e. The molecular formula is C19H16Cl2N4O3. The number of aromatic amines is 2. The molecular weight excluding hydrogens is 403 g/mol. The van der Waals surface area contributed by atoms with E-state index < -0.39 is 11.8 Å². The fraction of sp³-hybridized carbons (Fsp3) is 0.211. The molecule has 0 aliphatic heterocycles. The topological polar surface area (TPSA) is 115 Å². The van der Waals surface area contributed by atoms with E-state index in [1.165, 1.54) is 12.4 Å². The molecule has 0 aliphatic carbocycles. The summed E-state index contributed by atoms with van der Waals surface area (Å²) >= 11 is 12.4. The summed E-state index contributed by atoms with van der Waals surface area (Å²) in [5.74, 6) is -1.60. The number of fused-ring (bicyclic) bond motifs is 2. The Morgan fingerprint density at radius 1 is 0.893 bits per heavy atom. The molecule has 4 rings (SSSR count). The molecule has 0 saturated carbocycles. The van der Waals surface area contributed by atoms with E-state index in [1.54, 1.807) is 24.5 Å². The number of nitrogens with zero attached hydrogens (tertiary/aromatic N) is 2. The molecule has 0 bridgehead atoms. The minimum Gasteiger partial charge on any atom is -0.492 e. The number of hydrogen-bond donors (Lipinski definition) is 4. The van der Waals surface area contributed by atoms with Crippen molar-refractivity contribution < 1.29 is 15.0 Å². The monoisotopic (exact) mass is 418 g/mol. The van der Waals surface area contributed by atoms with Gasteiger partial charge >= 0.3 is 0 Å². The summed E-state index contributed by atoms with van der Waals surface area (Å²) < 4.78 is 0. The molecule has 0 radical (unpaired) electrons. The Hall–Kier alpha value is -2.77. The first-order valence-corrected chi connectivity index (χ1v) is 9.59. The predicted molar refractivity (Wildman–Crippen MR) is 107 cm³/mol. The van der Waals surface area contributed by atoms with Gasteiger partial charge in [0.1, 0.15) is 16.8 Å². The van der Waals surface area contributed by atoms with Gasteiger partial charge in [0.25, 0.3) is 0 Å². The molecule has 0 saturated heterocycles. The van der Waals surface area contributed by atoms with Crippen molar-refractivity contribution >= 4 is 50.8 Å². The standard InChI is InChI=1S/C19H16Cl2N4O3/c20-5-11(13-7-24-15-9(13)1-3-22-18(15)27)17(26)12(6-21)14-8-25-16-10(14)2-4-23-19(16)28/h1-4,7-8,11-12,24-25H,5-6H2,(H,22,27)(H,23,28). The van der Waals surface area contributed by atoms with Crippen LogP contribution in [0.3, 0.4) is 0 Å². The highest BCUT2D eigenvalue weighted by atomic mass is 35.5. The number of rotatable bonds is 6. The van der Waals surface area contributed by atoms with Gasteiger partial charge in [0, 0.05) is 47.3 Å². The molecule has 0 aliphatic rings. The van der Waals surface area contributed by atoms with Crippen LogP contribution in [0.1, 0.15) is 23.0 Å². The maximum absolute atomic E-state index is 13.4. The number of halogens is 2. The zero-order valence-corrected chi connectivity index (χ0v) is 16.0. The Morgan fingerprint density at radius 2 is 1.32 bits per heavy atom. The van der Waals surface area contributed by atoms with Gasteiger partial charge in [-0.05, 0) is 23.3 Å². The number of ketones is 1. The van der Waals surface area contributed by atoms with Crippen LogP contribution in [-0.2, 0) is 4.79 Å². The summed E-state index contributed by atoms with van der Waals surface area (Å²) in [6.07, 6.45) is 6.26. The smallest absolute Gasteiger partial charge is 0.235 e. The zero-order chi connectivity index (χ0) is 19.8. The third kappa shape index (κ3) is 2.87. The van der Waals surface area contributed by atoms with Gasteiger partial charge in [0.2, 0.25) is 11.8 Å². The highest BCUT2D eigenvalue weighted by Crippen LogP contribution is 2.37. The second-order valence-corrected chi connectivity index (χ2v) is 7.04. The van der Waals surface area contributed by atoms with E-state index in [2.05, 4.69) is 19.9 Å². The minimum absolute atomic E-state index is 0.0530. The Morgan fingerprint density at radius 3 is 1.71 bits per heavy atom. The van der Waals surface area contributed by atoms with Crippen molar-refractivity contribution in [3.8, 4) is 11.8 Å². The molecule has 0 spiro atoms. The second kappa shape index (κ2) is 7.33. The average Bonchev–Trinajstić information content (AvgIpc) is 3.30. The lowest BCUT2D eigenvalue weighted by molar-refractivity contribution is -0.121. The third-order valence-corrected chi connectivity index (χ3v) is 5.59.